The third kappa shape index (κ3) is 1.83. The lowest BCUT2D eigenvalue weighted by molar-refractivity contribution is 0.209. The lowest BCUT2D eigenvalue weighted by Crippen LogP contribution is -2.50. The lowest BCUT2D eigenvalue weighted by Gasteiger charge is -2.40. The Morgan fingerprint density at radius 2 is 1.06 bits per heavy atom. The van der Waals surface area contributed by atoms with Crippen LogP contribution in [0.4, 0.5) is 0 Å². The molecule has 0 amide bonds. The standard InChI is InChI=1S/C26H26O4S2/c1-16-25-17-12-13-18(14-17)26(16,25)22-15-21(25)23(31(27,28)19-8-4-2-5-9-19)24(22)32(29,30)20-10-6-3-7-11-20/h2-13,16-18,21-24H,14-15H2,1H3. The second kappa shape index (κ2) is 5.76. The molecule has 0 aliphatic heterocycles. The van der Waals surface area contributed by atoms with E-state index in [1.54, 1.807) is 60.7 Å². The van der Waals surface area contributed by atoms with E-state index in [4.69, 9.17) is 0 Å². The van der Waals surface area contributed by atoms with Crippen molar-refractivity contribution in [3.63, 3.8) is 0 Å². The van der Waals surface area contributed by atoms with Gasteiger partial charge in [0, 0.05) is 0 Å². The van der Waals surface area contributed by atoms with E-state index >= 15 is 0 Å². The maximum atomic E-state index is 14.1. The normalized spacial score (nSPS) is 45.1. The van der Waals surface area contributed by atoms with Crippen molar-refractivity contribution in [3.8, 4) is 0 Å². The van der Waals surface area contributed by atoms with Crippen LogP contribution in [0, 0.1) is 40.4 Å². The smallest absolute Gasteiger partial charge is 0.182 e. The second-order valence-corrected chi connectivity index (χ2v) is 14.7. The first kappa shape index (κ1) is 19.5. The summed E-state index contributed by atoms with van der Waals surface area (Å²) >= 11 is 0. The Morgan fingerprint density at radius 3 is 1.47 bits per heavy atom. The van der Waals surface area contributed by atoms with E-state index in [1.807, 2.05) is 0 Å². The maximum absolute atomic E-state index is 14.1. The molecule has 5 aliphatic rings. The molecule has 6 heteroatoms. The summed E-state index contributed by atoms with van der Waals surface area (Å²) in [6.07, 6.45) is 6.39. The largest absolute Gasteiger partial charge is 0.223 e. The van der Waals surface area contributed by atoms with Crippen LogP contribution in [0.2, 0.25) is 0 Å². The third-order valence-corrected chi connectivity index (χ3v) is 14.8. The van der Waals surface area contributed by atoms with Crippen LogP contribution in [0.1, 0.15) is 19.8 Å². The van der Waals surface area contributed by atoms with Gasteiger partial charge in [0.25, 0.3) is 0 Å². The first-order chi connectivity index (χ1) is 15.3. The molecule has 5 aliphatic carbocycles. The lowest BCUT2D eigenvalue weighted by atomic mass is 9.73. The highest BCUT2D eigenvalue weighted by Gasteiger charge is 2.95. The number of allylic oxidation sites excluding steroid dienone is 2. The van der Waals surface area contributed by atoms with E-state index in [0.717, 1.165) is 6.42 Å². The number of fused-ring (bicyclic) bond motifs is 4. The van der Waals surface area contributed by atoms with Crippen LogP contribution in [0.5, 0.6) is 0 Å². The van der Waals surface area contributed by atoms with Gasteiger partial charge in [0.05, 0.1) is 20.3 Å². The number of rotatable bonds is 4. The van der Waals surface area contributed by atoms with E-state index < -0.39 is 30.2 Å². The summed E-state index contributed by atoms with van der Waals surface area (Å²) in [5, 5.41) is -1.77. The molecule has 4 fully saturated rings. The van der Waals surface area contributed by atoms with Crippen molar-refractivity contribution in [2.45, 2.75) is 40.1 Å². The fourth-order valence-electron chi connectivity index (χ4n) is 9.56. The summed E-state index contributed by atoms with van der Waals surface area (Å²) in [6, 6.07) is 17.0. The minimum absolute atomic E-state index is 0.0354. The molecule has 4 bridgehead atoms. The molecule has 8 unspecified atom stereocenters. The van der Waals surface area contributed by atoms with E-state index in [0.29, 0.717) is 24.2 Å². The third-order valence-electron chi connectivity index (χ3n) is 10.1. The van der Waals surface area contributed by atoms with E-state index in [9.17, 15) is 16.8 Å². The molecule has 8 atom stereocenters. The van der Waals surface area contributed by atoms with Gasteiger partial charge in [-0.15, -0.1) is 0 Å². The van der Waals surface area contributed by atoms with Crippen molar-refractivity contribution in [3.05, 3.63) is 72.8 Å². The van der Waals surface area contributed by atoms with Crippen molar-refractivity contribution < 1.29 is 16.8 Å². The van der Waals surface area contributed by atoms with Gasteiger partial charge in [-0.05, 0) is 77.5 Å². The zero-order valence-corrected chi connectivity index (χ0v) is 19.5. The summed E-state index contributed by atoms with van der Waals surface area (Å²) in [5.74, 6) is 0.965. The maximum Gasteiger partial charge on any atom is 0.182 e. The molecule has 0 aromatic heterocycles. The Bertz CT molecular complexity index is 1260. The SMILES string of the molecule is CC1C23C4C=CC(C4)C12C1CC3C(S(=O)(=O)c2ccccc2)C1S(=O)(=O)c1ccccc1. The molecule has 2 aromatic carbocycles. The molecule has 166 valence electrons. The zero-order chi connectivity index (χ0) is 22.1. The first-order valence-electron chi connectivity index (χ1n) is 11.6. The zero-order valence-electron chi connectivity index (χ0n) is 17.8. The summed E-state index contributed by atoms with van der Waals surface area (Å²) in [7, 11) is -7.61. The molecule has 7 rings (SSSR count). The predicted molar refractivity (Wildman–Crippen MR) is 121 cm³/mol. The molecule has 0 radical (unpaired) electrons. The minimum Gasteiger partial charge on any atom is -0.223 e. The summed E-state index contributed by atoms with van der Waals surface area (Å²) in [6.45, 7) is 2.26. The van der Waals surface area contributed by atoms with Gasteiger partial charge in [-0.3, -0.25) is 0 Å². The molecule has 4 saturated carbocycles. The van der Waals surface area contributed by atoms with Crippen LogP contribution in [0.15, 0.2) is 82.6 Å². The molecule has 0 heterocycles. The van der Waals surface area contributed by atoms with Gasteiger partial charge in [0.2, 0.25) is 0 Å². The van der Waals surface area contributed by atoms with Crippen molar-refractivity contribution in [1.29, 1.82) is 0 Å². The van der Waals surface area contributed by atoms with E-state index in [1.165, 1.54) is 0 Å². The van der Waals surface area contributed by atoms with Gasteiger partial charge in [-0.25, -0.2) is 16.8 Å². The van der Waals surface area contributed by atoms with Gasteiger partial charge in [0.15, 0.2) is 19.7 Å². The van der Waals surface area contributed by atoms with E-state index in [2.05, 4.69) is 19.1 Å². The topological polar surface area (TPSA) is 68.3 Å². The van der Waals surface area contributed by atoms with Crippen LogP contribution in [-0.2, 0) is 19.7 Å². The van der Waals surface area contributed by atoms with Crippen LogP contribution < -0.4 is 0 Å². The Balaban J connectivity index is 1.46. The Hall–Kier alpha value is -1.92. The Kier molecular flexibility index (Phi) is 3.52. The van der Waals surface area contributed by atoms with Crippen LogP contribution in [0.3, 0.4) is 0 Å². The molecular formula is C26H26O4S2. The molecule has 2 aromatic rings. The van der Waals surface area contributed by atoms with Gasteiger partial charge < -0.3 is 0 Å². The Labute approximate surface area is 189 Å². The molecule has 4 nitrogen and oxygen atoms in total. The fourth-order valence-corrected chi connectivity index (χ4v) is 14.8. The van der Waals surface area contributed by atoms with Gasteiger partial charge >= 0.3 is 0 Å². The molecule has 0 spiro atoms. The first-order valence-corrected chi connectivity index (χ1v) is 14.7. The molecule has 0 saturated heterocycles. The highest BCUT2D eigenvalue weighted by atomic mass is 32.2. The minimum atomic E-state index is -3.81. The average molecular weight is 467 g/mol. The highest BCUT2D eigenvalue weighted by Crippen LogP contribution is 2.96. The Morgan fingerprint density at radius 1 is 0.656 bits per heavy atom. The summed E-state index contributed by atoms with van der Waals surface area (Å²) in [4.78, 5) is 0.500. The van der Waals surface area contributed by atoms with Gasteiger partial charge in [0.1, 0.15) is 0 Å². The number of hydrogen-bond acceptors (Lipinski definition) is 4. The molecule has 32 heavy (non-hydrogen) atoms. The summed E-state index contributed by atoms with van der Waals surface area (Å²) in [5.41, 5.74) is -0.0708. The van der Waals surface area contributed by atoms with E-state index in [-0.39, 0.29) is 32.5 Å². The number of hydrogen-bond donors (Lipinski definition) is 0. The molecular weight excluding hydrogens is 440 g/mol. The monoisotopic (exact) mass is 466 g/mol. The quantitative estimate of drug-likeness (QED) is 0.635. The number of benzene rings is 2. The van der Waals surface area contributed by atoms with Crippen molar-refractivity contribution in [1.82, 2.24) is 0 Å². The second-order valence-electron chi connectivity index (χ2n) is 10.5. The van der Waals surface area contributed by atoms with Crippen molar-refractivity contribution >= 4 is 19.7 Å². The molecule has 0 N–H and O–H groups in total. The highest BCUT2D eigenvalue weighted by molar-refractivity contribution is 7.96. The number of sulfone groups is 2. The van der Waals surface area contributed by atoms with Crippen LogP contribution >= 0.6 is 0 Å². The fraction of sp³-hybridized carbons (Fsp3) is 0.462. The van der Waals surface area contributed by atoms with Gasteiger partial charge in [-0.2, -0.15) is 0 Å². The van der Waals surface area contributed by atoms with Crippen molar-refractivity contribution in [2.24, 2.45) is 40.4 Å². The van der Waals surface area contributed by atoms with Gasteiger partial charge in [-0.1, -0.05) is 55.5 Å². The van der Waals surface area contributed by atoms with Crippen LogP contribution in [-0.4, -0.2) is 27.3 Å². The predicted octanol–water partition coefficient (Wildman–Crippen LogP) is 4.15. The summed E-state index contributed by atoms with van der Waals surface area (Å²) < 4.78 is 56.4. The average Bonchev–Trinajstić information content (AvgIpc) is 3.35. The van der Waals surface area contributed by atoms with Crippen molar-refractivity contribution in [2.75, 3.05) is 0 Å². The van der Waals surface area contributed by atoms with Crippen LogP contribution in [0.25, 0.3) is 0 Å².